The zero-order valence-electron chi connectivity index (χ0n) is 18.5. The molecule has 3 aromatic heterocycles. The molecular formula is C25H22ClN7. The van der Waals surface area contributed by atoms with E-state index in [0.29, 0.717) is 16.9 Å². The average molecular weight is 456 g/mol. The number of benzene rings is 2. The molecule has 1 N–H and O–H groups in total. The Balaban J connectivity index is 1.45. The molecule has 0 saturated carbocycles. The third-order valence-electron chi connectivity index (χ3n) is 5.50. The molecule has 0 saturated heterocycles. The van der Waals surface area contributed by atoms with Gasteiger partial charge in [0.25, 0.3) is 0 Å². The second-order valence-electron chi connectivity index (χ2n) is 7.78. The van der Waals surface area contributed by atoms with Gasteiger partial charge in [0.2, 0.25) is 11.9 Å². The van der Waals surface area contributed by atoms with E-state index in [1.54, 1.807) is 6.20 Å². The van der Waals surface area contributed by atoms with Gasteiger partial charge in [-0.2, -0.15) is 5.10 Å². The first-order valence-electron chi connectivity index (χ1n) is 10.7. The Morgan fingerprint density at radius 3 is 2.52 bits per heavy atom. The highest BCUT2D eigenvalue weighted by Gasteiger charge is 2.12. The summed E-state index contributed by atoms with van der Waals surface area (Å²) in [4.78, 5) is 18.3. The fourth-order valence-corrected chi connectivity index (χ4v) is 3.84. The Labute approximate surface area is 196 Å². The molecule has 33 heavy (non-hydrogen) atoms. The third kappa shape index (κ3) is 4.27. The number of nitrogens with one attached hydrogen (secondary N) is 1. The number of fused-ring (bicyclic) bond motifs is 1. The summed E-state index contributed by atoms with van der Waals surface area (Å²) in [7, 11) is 0. The zero-order valence-corrected chi connectivity index (χ0v) is 19.3. The van der Waals surface area contributed by atoms with Crippen LogP contribution >= 0.6 is 11.6 Å². The van der Waals surface area contributed by atoms with Crippen molar-refractivity contribution in [1.82, 2.24) is 29.7 Å². The van der Waals surface area contributed by atoms with Crippen LogP contribution in [0, 0.1) is 13.8 Å². The van der Waals surface area contributed by atoms with Crippen LogP contribution in [0.15, 0.2) is 60.9 Å². The molecular weight excluding hydrogens is 434 g/mol. The minimum Gasteiger partial charge on any atom is -0.293 e. The van der Waals surface area contributed by atoms with Crippen LogP contribution in [-0.4, -0.2) is 29.7 Å². The Bertz CT molecular complexity index is 1460. The molecule has 0 aliphatic heterocycles. The van der Waals surface area contributed by atoms with Crippen LogP contribution in [0.25, 0.3) is 27.8 Å². The number of rotatable bonds is 5. The smallest absolute Gasteiger partial charge is 0.230 e. The van der Waals surface area contributed by atoms with Crippen molar-refractivity contribution >= 4 is 34.4 Å². The van der Waals surface area contributed by atoms with E-state index in [0.717, 1.165) is 45.7 Å². The van der Waals surface area contributed by atoms with E-state index in [1.165, 1.54) is 5.56 Å². The molecule has 7 nitrogen and oxygen atoms in total. The summed E-state index contributed by atoms with van der Waals surface area (Å²) in [6.07, 6.45) is 4.64. The van der Waals surface area contributed by atoms with Crippen LogP contribution in [0.1, 0.15) is 23.9 Å². The maximum Gasteiger partial charge on any atom is 0.230 e. The SMILES string of the molecule is CCc1ccc2nc(Nc3nccc(-c4cn(-c5ccc(Cl)cc5)nc4C)n3)nc(C)c2c1. The molecule has 2 aromatic carbocycles. The fourth-order valence-electron chi connectivity index (χ4n) is 3.71. The van der Waals surface area contributed by atoms with Crippen LogP contribution in [0.2, 0.25) is 5.02 Å². The van der Waals surface area contributed by atoms with Crippen LogP contribution in [0.3, 0.4) is 0 Å². The van der Waals surface area contributed by atoms with Gasteiger partial charge in [-0.15, -0.1) is 0 Å². The standard InChI is InChI=1S/C25H22ClN7/c1-4-17-5-10-22-20(13-17)15(2)28-25(30-22)31-24-27-12-11-23(29-24)21-14-33(32-16(21)3)19-8-6-18(26)7-9-19/h5-14H,4H2,1-3H3,(H,27,28,29,30,31). The van der Waals surface area contributed by atoms with Gasteiger partial charge in [-0.25, -0.2) is 24.6 Å². The molecule has 5 aromatic rings. The third-order valence-corrected chi connectivity index (χ3v) is 5.76. The Kier molecular flexibility index (Phi) is 5.48. The molecule has 0 radical (unpaired) electrons. The molecule has 8 heteroatoms. The van der Waals surface area contributed by atoms with Crippen molar-refractivity contribution in [1.29, 1.82) is 0 Å². The summed E-state index contributed by atoms with van der Waals surface area (Å²) in [5.41, 5.74) is 6.52. The quantitative estimate of drug-likeness (QED) is 0.358. The predicted molar refractivity (Wildman–Crippen MR) is 131 cm³/mol. The van der Waals surface area contributed by atoms with E-state index in [1.807, 2.05) is 61.1 Å². The summed E-state index contributed by atoms with van der Waals surface area (Å²) >= 11 is 6.01. The van der Waals surface area contributed by atoms with Crippen molar-refractivity contribution < 1.29 is 0 Å². The highest BCUT2D eigenvalue weighted by Crippen LogP contribution is 2.25. The molecule has 0 bridgehead atoms. The summed E-state index contributed by atoms with van der Waals surface area (Å²) in [6.45, 7) is 6.08. The predicted octanol–water partition coefficient (Wildman–Crippen LogP) is 5.85. The normalized spacial score (nSPS) is 11.2. The van der Waals surface area contributed by atoms with Crippen molar-refractivity contribution in [3.63, 3.8) is 0 Å². The van der Waals surface area contributed by atoms with Crippen molar-refractivity contribution in [2.75, 3.05) is 5.32 Å². The van der Waals surface area contributed by atoms with Gasteiger partial charge in [0.05, 0.1) is 28.3 Å². The lowest BCUT2D eigenvalue weighted by molar-refractivity contribution is 0.863. The van der Waals surface area contributed by atoms with Gasteiger partial charge < -0.3 is 0 Å². The molecule has 3 heterocycles. The number of hydrogen-bond donors (Lipinski definition) is 1. The zero-order chi connectivity index (χ0) is 22.9. The van der Waals surface area contributed by atoms with Gasteiger partial charge >= 0.3 is 0 Å². The first-order valence-corrected chi connectivity index (χ1v) is 11.1. The maximum atomic E-state index is 6.01. The van der Waals surface area contributed by atoms with Crippen molar-refractivity contribution in [3.05, 3.63) is 82.9 Å². The highest BCUT2D eigenvalue weighted by atomic mass is 35.5. The van der Waals surface area contributed by atoms with Gasteiger partial charge in [-0.05, 0) is 68.3 Å². The van der Waals surface area contributed by atoms with Crippen LogP contribution in [0.4, 0.5) is 11.9 Å². The van der Waals surface area contributed by atoms with Gasteiger partial charge in [0.1, 0.15) is 0 Å². The molecule has 0 spiro atoms. The number of nitrogens with zero attached hydrogens (tertiary/aromatic N) is 6. The largest absolute Gasteiger partial charge is 0.293 e. The number of aromatic nitrogens is 6. The lowest BCUT2D eigenvalue weighted by Gasteiger charge is -2.08. The maximum absolute atomic E-state index is 6.01. The molecule has 5 rings (SSSR count). The van der Waals surface area contributed by atoms with Crippen LogP contribution < -0.4 is 5.32 Å². The molecule has 164 valence electrons. The molecule has 0 amide bonds. The van der Waals surface area contributed by atoms with Gasteiger partial charge in [0.15, 0.2) is 0 Å². The summed E-state index contributed by atoms with van der Waals surface area (Å²) in [5.74, 6) is 0.894. The second-order valence-corrected chi connectivity index (χ2v) is 8.21. The summed E-state index contributed by atoms with van der Waals surface area (Å²) < 4.78 is 1.82. The Hall–Kier alpha value is -3.84. The number of halogens is 1. The summed E-state index contributed by atoms with van der Waals surface area (Å²) in [6, 6.07) is 15.7. The van der Waals surface area contributed by atoms with E-state index in [2.05, 4.69) is 49.4 Å². The minimum absolute atomic E-state index is 0.426. The van der Waals surface area contributed by atoms with Gasteiger partial charge in [0, 0.05) is 28.4 Å². The average Bonchev–Trinajstić information content (AvgIpc) is 3.21. The number of hydrogen-bond acceptors (Lipinski definition) is 6. The first kappa shape index (κ1) is 21.0. The monoisotopic (exact) mass is 455 g/mol. The van der Waals surface area contributed by atoms with E-state index in [9.17, 15) is 0 Å². The molecule has 0 aliphatic carbocycles. The van der Waals surface area contributed by atoms with E-state index >= 15 is 0 Å². The topological polar surface area (TPSA) is 81.4 Å². The molecule has 0 atom stereocenters. The minimum atomic E-state index is 0.426. The van der Waals surface area contributed by atoms with Gasteiger partial charge in [-0.3, -0.25) is 5.32 Å². The summed E-state index contributed by atoms with van der Waals surface area (Å²) in [5, 5.41) is 9.52. The van der Waals surface area contributed by atoms with Crippen LogP contribution in [-0.2, 0) is 6.42 Å². The van der Waals surface area contributed by atoms with Gasteiger partial charge in [-0.1, -0.05) is 24.6 Å². The van der Waals surface area contributed by atoms with Crippen molar-refractivity contribution in [3.8, 4) is 16.9 Å². The molecule has 0 fully saturated rings. The number of aryl methyl sites for hydroxylation is 3. The lowest BCUT2D eigenvalue weighted by Crippen LogP contribution is -2.03. The molecule has 0 unspecified atom stereocenters. The van der Waals surface area contributed by atoms with E-state index < -0.39 is 0 Å². The van der Waals surface area contributed by atoms with Crippen molar-refractivity contribution in [2.24, 2.45) is 0 Å². The Morgan fingerprint density at radius 2 is 1.73 bits per heavy atom. The Morgan fingerprint density at radius 1 is 0.909 bits per heavy atom. The van der Waals surface area contributed by atoms with E-state index in [-0.39, 0.29) is 0 Å². The number of anilines is 2. The first-order chi connectivity index (χ1) is 16.0. The van der Waals surface area contributed by atoms with E-state index in [4.69, 9.17) is 11.6 Å². The second kappa shape index (κ2) is 8.60. The highest BCUT2D eigenvalue weighted by molar-refractivity contribution is 6.30. The fraction of sp³-hybridized carbons (Fsp3) is 0.160. The lowest BCUT2D eigenvalue weighted by atomic mass is 10.1. The van der Waals surface area contributed by atoms with Crippen molar-refractivity contribution in [2.45, 2.75) is 27.2 Å². The van der Waals surface area contributed by atoms with Crippen LogP contribution in [0.5, 0.6) is 0 Å². The molecule has 0 aliphatic rings.